The fraction of sp³-hybridized carbons (Fsp3) is 0.474. The molecule has 1 aliphatic heterocycles. The third kappa shape index (κ3) is 3.02. The molecule has 132 valence electrons. The predicted octanol–water partition coefficient (Wildman–Crippen LogP) is 1.91. The second-order valence-electron chi connectivity index (χ2n) is 7.10. The first-order valence-corrected chi connectivity index (χ1v) is 8.76. The maximum Gasteiger partial charge on any atom is 0.255 e. The predicted molar refractivity (Wildman–Crippen MR) is 92.5 cm³/mol. The number of aryl methyl sites for hydroxylation is 2. The molecule has 6 nitrogen and oxygen atoms in total. The van der Waals surface area contributed by atoms with Crippen LogP contribution in [-0.2, 0) is 13.5 Å². The van der Waals surface area contributed by atoms with Gasteiger partial charge in [-0.3, -0.25) is 9.48 Å². The van der Waals surface area contributed by atoms with E-state index in [1.165, 1.54) is 5.56 Å². The van der Waals surface area contributed by atoms with Crippen LogP contribution in [0, 0.1) is 12.8 Å². The van der Waals surface area contributed by atoms with Crippen LogP contribution in [0.4, 0.5) is 0 Å². The number of hydrogen-bond donors (Lipinski definition) is 2. The first-order chi connectivity index (χ1) is 12.0. The Morgan fingerprint density at radius 2 is 2.24 bits per heavy atom. The van der Waals surface area contributed by atoms with E-state index in [1.54, 1.807) is 10.9 Å². The van der Waals surface area contributed by atoms with Gasteiger partial charge in [0.15, 0.2) is 0 Å². The highest BCUT2D eigenvalue weighted by Crippen LogP contribution is 2.40. The van der Waals surface area contributed by atoms with Crippen LogP contribution in [0.5, 0.6) is 5.75 Å². The molecule has 1 aliphatic carbocycles. The van der Waals surface area contributed by atoms with E-state index in [9.17, 15) is 9.90 Å². The second kappa shape index (κ2) is 6.19. The Morgan fingerprint density at radius 3 is 2.92 bits per heavy atom. The number of carbonyl (C=O) groups is 1. The Morgan fingerprint density at radius 1 is 1.44 bits per heavy atom. The van der Waals surface area contributed by atoms with Crippen molar-refractivity contribution in [2.24, 2.45) is 13.0 Å². The maximum atomic E-state index is 12.8. The van der Waals surface area contributed by atoms with Crippen molar-refractivity contribution < 1.29 is 14.6 Å². The molecule has 2 N–H and O–H groups in total. The molecule has 2 aromatic rings. The van der Waals surface area contributed by atoms with Crippen LogP contribution in [0.25, 0.3) is 0 Å². The fourth-order valence-corrected chi connectivity index (χ4v) is 3.82. The maximum absolute atomic E-state index is 12.8. The molecule has 0 radical (unpaired) electrons. The zero-order chi connectivity index (χ0) is 17.6. The Bertz CT molecular complexity index is 808. The van der Waals surface area contributed by atoms with Crippen molar-refractivity contribution in [1.82, 2.24) is 15.1 Å². The summed E-state index contributed by atoms with van der Waals surface area (Å²) in [5.74, 6) is 1.07. The number of hydrogen-bond acceptors (Lipinski definition) is 4. The molecule has 1 saturated carbocycles. The summed E-state index contributed by atoms with van der Waals surface area (Å²) < 4.78 is 7.23. The molecule has 1 amide bonds. The number of benzene rings is 1. The molecule has 2 aliphatic rings. The van der Waals surface area contributed by atoms with Gasteiger partial charge in [0, 0.05) is 19.7 Å². The number of ether oxygens (including phenoxy) is 1. The van der Waals surface area contributed by atoms with Gasteiger partial charge in [-0.05, 0) is 48.9 Å². The Hall–Kier alpha value is -2.34. The lowest BCUT2D eigenvalue weighted by Crippen LogP contribution is -2.41. The number of rotatable bonds is 4. The molecular formula is C19H23N3O3. The zero-order valence-corrected chi connectivity index (χ0v) is 14.5. The van der Waals surface area contributed by atoms with Crippen LogP contribution in [0.3, 0.4) is 0 Å². The van der Waals surface area contributed by atoms with Crippen LogP contribution in [0.15, 0.2) is 24.4 Å². The lowest BCUT2D eigenvalue weighted by molar-refractivity contribution is 0.0235. The summed E-state index contributed by atoms with van der Waals surface area (Å²) in [7, 11) is 1.81. The van der Waals surface area contributed by atoms with Gasteiger partial charge in [0.2, 0.25) is 0 Å². The monoisotopic (exact) mass is 341 g/mol. The van der Waals surface area contributed by atoms with Gasteiger partial charge in [0.1, 0.15) is 5.75 Å². The van der Waals surface area contributed by atoms with Crippen molar-refractivity contribution in [2.75, 3.05) is 6.61 Å². The summed E-state index contributed by atoms with van der Waals surface area (Å²) >= 11 is 0. The number of carbonyl (C=O) groups excluding carboxylic acids is 1. The van der Waals surface area contributed by atoms with Gasteiger partial charge in [-0.15, -0.1) is 0 Å². The molecule has 1 aromatic heterocycles. The number of nitrogens with one attached hydrogen (secondary N) is 1. The molecule has 0 saturated heterocycles. The molecule has 1 fully saturated rings. The number of aromatic nitrogens is 2. The number of nitrogens with zero attached hydrogens (tertiary/aromatic N) is 2. The molecule has 0 spiro atoms. The standard InChI is InChI=1S/C19H23N3O3/c1-11-16(10-22(2)21-11)19(24)20-18(14-8-15(23)9-14)13-3-4-17-12(7-13)5-6-25-17/h3-4,7,10,14-15,18,23H,5-6,8-9H2,1-2H3,(H,20,24)/t14?,15?,18-/m1/s1. The third-order valence-corrected chi connectivity index (χ3v) is 5.24. The first-order valence-electron chi connectivity index (χ1n) is 8.76. The minimum atomic E-state index is -0.262. The van der Waals surface area contributed by atoms with Crippen LogP contribution in [0.1, 0.15) is 46.1 Å². The van der Waals surface area contributed by atoms with Crippen molar-refractivity contribution in [3.63, 3.8) is 0 Å². The number of fused-ring (bicyclic) bond motifs is 1. The molecule has 0 unspecified atom stereocenters. The van der Waals surface area contributed by atoms with E-state index in [-0.39, 0.29) is 24.0 Å². The molecular weight excluding hydrogens is 318 g/mol. The summed E-state index contributed by atoms with van der Waals surface area (Å²) in [4.78, 5) is 12.8. The molecule has 0 bridgehead atoms. The number of aliphatic hydroxyl groups is 1. The van der Waals surface area contributed by atoms with Crippen LogP contribution in [-0.4, -0.2) is 33.5 Å². The largest absolute Gasteiger partial charge is 0.493 e. The summed E-state index contributed by atoms with van der Waals surface area (Å²) in [5.41, 5.74) is 3.58. The van der Waals surface area contributed by atoms with Crippen molar-refractivity contribution in [3.8, 4) is 5.75 Å². The Labute approximate surface area is 146 Å². The van der Waals surface area contributed by atoms with Gasteiger partial charge in [0.05, 0.1) is 30.0 Å². The van der Waals surface area contributed by atoms with E-state index in [4.69, 9.17) is 4.74 Å². The Kier molecular flexibility index (Phi) is 4.00. The smallest absolute Gasteiger partial charge is 0.255 e. The van der Waals surface area contributed by atoms with E-state index in [2.05, 4.69) is 16.5 Å². The summed E-state index contributed by atoms with van der Waals surface area (Å²) in [6.45, 7) is 2.55. The lowest BCUT2D eigenvalue weighted by Gasteiger charge is -2.38. The van der Waals surface area contributed by atoms with E-state index in [1.807, 2.05) is 26.1 Å². The highest BCUT2D eigenvalue weighted by Gasteiger charge is 2.36. The topological polar surface area (TPSA) is 76.4 Å². The quantitative estimate of drug-likeness (QED) is 0.891. The van der Waals surface area contributed by atoms with Crippen molar-refractivity contribution >= 4 is 5.91 Å². The zero-order valence-electron chi connectivity index (χ0n) is 14.5. The molecule has 25 heavy (non-hydrogen) atoms. The molecule has 6 heteroatoms. The summed E-state index contributed by atoms with van der Waals surface area (Å²) in [5, 5.41) is 17.1. The SMILES string of the molecule is Cc1nn(C)cc1C(=O)N[C@H](c1ccc2c(c1)CCO2)C1CC(O)C1. The van der Waals surface area contributed by atoms with Crippen LogP contribution < -0.4 is 10.1 Å². The highest BCUT2D eigenvalue weighted by atomic mass is 16.5. The van der Waals surface area contributed by atoms with Gasteiger partial charge in [0.25, 0.3) is 5.91 Å². The second-order valence-corrected chi connectivity index (χ2v) is 7.10. The molecule has 4 rings (SSSR count). The average Bonchev–Trinajstić information content (AvgIpc) is 3.14. The summed E-state index contributed by atoms with van der Waals surface area (Å²) in [6, 6.07) is 6.03. The first kappa shape index (κ1) is 16.1. The van der Waals surface area contributed by atoms with E-state index in [0.717, 1.165) is 23.4 Å². The van der Waals surface area contributed by atoms with Gasteiger partial charge in [-0.1, -0.05) is 6.07 Å². The Balaban J connectivity index is 1.60. The van der Waals surface area contributed by atoms with Gasteiger partial charge in [-0.2, -0.15) is 5.10 Å². The van der Waals surface area contributed by atoms with Crippen molar-refractivity contribution in [3.05, 3.63) is 46.8 Å². The van der Waals surface area contributed by atoms with Gasteiger partial charge in [-0.25, -0.2) is 0 Å². The van der Waals surface area contributed by atoms with E-state index in [0.29, 0.717) is 25.0 Å². The van der Waals surface area contributed by atoms with Crippen molar-refractivity contribution in [1.29, 1.82) is 0 Å². The summed E-state index contributed by atoms with van der Waals surface area (Å²) in [6.07, 6.45) is 3.81. The van der Waals surface area contributed by atoms with Gasteiger partial charge >= 0.3 is 0 Å². The molecule has 1 atom stereocenters. The third-order valence-electron chi connectivity index (χ3n) is 5.24. The van der Waals surface area contributed by atoms with Crippen molar-refractivity contribution in [2.45, 2.75) is 38.3 Å². The number of amides is 1. The molecule has 1 aromatic carbocycles. The number of aliphatic hydroxyl groups excluding tert-OH is 1. The lowest BCUT2D eigenvalue weighted by atomic mass is 9.74. The minimum Gasteiger partial charge on any atom is -0.493 e. The normalized spacial score (nSPS) is 22.7. The minimum absolute atomic E-state index is 0.110. The highest BCUT2D eigenvalue weighted by molar-refractivity contribution is 5.95. The average molecular weight is 341 g/mol. The van der Waals surface area contributed by atoms with Gasteiger partial charge < -0.3 is 15.2 Å². The fourth-order valence-electron chi connectivity index (χ4n) is 3.82. The van der Waals surface area contributed by atoms with Crippen LogP contribution in [0.2, 0.25) is 0 Å². The van der Waals surface area contributed by atoms with E-state index < -0.39 is 0 Å². The van der Waals surface area contributed by atoms with E-state index >= 15 is 0 Å². The van der Waals surface area contributed by atoms with Crippen LogP contribution >= 0.6 is 0 Å². The molecule has 2 heterocycles.